The van der Waals surface area contributed by atoms with Gasteiger partial charge in [0.25, 0.3) is 0 Å². The van der Waals surface area contributed by atoms with Crippen molar-refractivity contribution < 1.29 is 14.2 Å². The van der Waals surface area contributed by atoms with Crippen molar-refractivity contribution in [3.8, 4) is 17.2 Å². The van der Waals surface area contributed by atoms with Crippen molar-refractivity contribution in [2.75, 3.05) is 21.3 Å². The van der Waals surface area contributed by atoms with E-state index in [2.05, 4.69) is 36.6 Å². The Hall–Kier alpha value is -2.02. The van der Waals surface area contributed by atoms with Gasteiger partial charge in [-0.25, -0.2) is 0 Å². The molecule has 0 radical (unpaired) electrons. The van der Waals surface area contributed by atoms with Crippen molar-refractivity contribution in [3.63, 3.8) is 0 Å². The summed E-state index contributed by atoms with van der Waals surface area (Å²) >= 11 is 5.40. The fraction of sp³-hybridized carbons (Fsp3) is 0.600. The number of ether oxygens (including phenoxy) is 3. The van der Waals surface area contributed by atoms with Crippen molar-refractivity contribution in [1.82, 2.24) is 10.7 Å². The Kier molecular flexibility index (Phi) is 7.30. The van der Waals surface area contributed by atoms with Gasteiger partial charge >= 0.3 is 0 Å². The van der Waals surface area contributed by atoms with Gasteiger partial charge in [-0.05, 0) is 48.9 Å². The molecule has 0 amide bonds. The molecule has 1 fully saturated rings. The van der Waals surface area contributed by atoms with Crippen LogP contribution in [-0.2, 0) is 0 Å². The lowest BCUT2D eigenvalue weighted by molar-refractivity contribution is 0.161. The molecule has 2 unspecified atom stereocenters. The van der Waals surface area contributed by atoms with Crippen molar-refractivity contribution >= 4 is 23.5 Å². The second kappa shape index (κ2) is 9.26. The quantitative estimate of drug-likeness (QED) is 0.436. The van der Waals surface area contributed by atoms with Gasteiger partial charge in [-0.1, -0.05) is 20.8 Å². The van der Waals surface area contributed by atoms with Crippen LogP contribution in [0.25, 0.3) is 0 Å². The molecule has 2 N–H and O–H groups in total. The highest BCUT2D eigenvalue weighted by atomic mass is 32.1. The number of hydrazone groups is 1. The number of benzene rings is 1. The maximum atomic E-state index is 5.40. The van der Waals surface area contributed by atoms with Crippen LogP contribution in [0.1, 0.15) is 45.6 Å². The van der Waals surface area contributed by atoms with Crippen molar-refractivity contribution in [1.29, 1.82) is 0 Å². The number of hydrogen-bond donors (Lipinski definition) is 2. The van der Waals surface area contributed by atoms with Crippen molar-refractivity contribution in [3.05, 3.63) is 17.7 Å². The Morgan fingerprint density at radius 1 is 1.11 bits per heavy atom. The first-order valence-corrected chi connectivity index (χ1v) is 9.58. The van der Waals surface area contributed by atoms with E-state index in [0.29, 0.717) is 39.7 Å². The molecule has 0 aromatic heterocycles. The minimum Gasteiger partial charge on any atom is -0.496 e. The summed E-state index contributed by atoms with van der Waals surface area (Å²) in [4.78, 5) is 0. The van der Waals surface area contributed by atoms with E-state index in [0.717, 1.165) is 18.4 Å². The third kappa shape index (κ3) is 5.99. The topological polar surface area (TPSA) is 64.1 Å². The summed E-state index contributed by atoms with van der Waals surface area (Å²) in [6, 6.07) is 3.95. The van der Waals surface area contributed by atoms with Gasteiger partial charge in [0.15, 0.2) is 16.6 Å². The van der Waals surface area contributed by atoms with Gasteiger partial charge in [-0.15, -0.1) is 0 Å². The smallest absolute Gasteiger partial charge is 0.187 e. The lowest BCUT2D eigenvalue weighted by atomic mass is 9.71. The normalized spacial score (nSPS) is 21.6. The van der Waals surface area contributed by atoms with E-state index in [1.54, 1.807) is 33.6 Å². The molecule has 1 aliphatic carbocycles. The Morgan fingerprint density at radius 3 is 2.33 bits per heavy atom. The first-order valence-electron chi connectivity index (χ1n) is 9.17. The maximum absolute atomic E-state index is 5.40. The zero-order valence-electron chi connectivity index (χ0n) is 17.1. The molecule has 2 rings (SSSR count). The number of methoxy groups -OCH3 is 3. The molecule has 0 spiro atoms. The van der Waals surface area contributed by atoms with Gasteiger partial charge in [-0.3, -0.25) is 5.43 Å². The molecule has 27 heavy (non-hydrogen) atoms. The van der Waals surface area contributed by atoms with Crippen LogP contribution in [0.15, 0.2) is 17.2 Å². The number of nitrogens with one attached hydrogen (secondary N) is 2. The van der Waals surface area contributed by atoms with Crippen LogP contribution < -0.4 is 25.0 Å². The number of thiocarbonyl (C=S) groups is 1. The van der Waals surface area contributed by atoms with E-state index in [1.165, 1.54) is 6.42 Å². The third-order valence-corrected chi connectivity index (χ3v) is 5.04. The number of rotatable bonds is 6. The Labute approximate surface area is 167 Å². The molecule has 0 heterocycles. The van der Waals surface area contributed by atoms with E-state index >= 15 is 0 Å². The fourth-order valence-corrected chi connectivity index (χ4v) is 4.21. The molecule has 6 nitrogen and oxygen atoms in total. The van der Waals surface area contributed by atoms with Crippen LogP contribution in [0, 0.1) is 11.3 Å². The predicted molar refractivity (Wildman–Crippen MR) is 113 cm³/mol. The summed E-state index contributed by atoms with van der Waals surface area (Å²) in [6.07, 6.45) is 5.13. The van der Waals surface area contributed by atoms with E-state index < -0.39 is 0 Å². The zero-order valence-corrected chi connectivity index (χ0v) is 17.9. The van der Waals surface area contributed by atoms with Gasteiger partial charge in [-0.2, -0.15) is 5.10 Å². The SMILES string of the molecule is COc1cc(OC)c(OC)cc1C=NNC(=S)NC1CC(C)CC(C)(C)C1. The van der Waals surface area contributed by atoms with E-state index in [-0.39, 0.29) is 0 Å². The monoisotopic (exact) mass is 393 g/mol. The standard InChI is InChI=1S/C20H31N3O3S/c1-13-7-15(11-20(2,3)10-13)22-19(27)23-21-12-14-8-17(25-5)18(26-6)9-16(14)24-4/h8-9,12-13,15H,7,10-11H2,1-6H3,(H2,22,23,27). The summed E-state index contributed by atoms with van der Waals surface area (Å²) in [5, 5.41) is 8.17. The molecule has 1 saturated carbocycles. The zero-order chi connectivity index (χ0) is 20.0. The molecule has 1 aromatic rings. The summed E-state index contributed by atoms with van der Waals surface area (Å²) in [6.45, 7) is 6.93. The van der Waals surface area contributed by atoms with Gasteiger partial charge < -0.3 is 19.5 Å². The average Bonchev–Trinajstić information content (AvgIpc) is 2.59. The molecule has 2 atom stereocenters. The van der Waals surface area contributed by atoms with E-state index in [9.17, 15) is 0 Å². The molecule has 1 aromatic carbocycles. The summed E-state index contributed by atoms with van der Waals surface area (Å²) in [7, 11) is 4.78. The highest BCUT2D eigenvalue weighted by Crippen LogP contribution is 2.38. The van der Waals surface area contributed by atoms with Gasteiger partial charge in [0.2, 0.25) is 0 Å². The molecule has 1 aliphatic rings. The fourth-order valence-electron chi connectivity index (χ4n) is 3.99. The highest BCUT2D eigenvalue weighted by molar-refractivity contribution is 7.80. The Morgan fingerprint density at radius 2 is 1.74 bits per heavy atom. The summed E-state index contributed by atoms with van der Waals surface area (Å²) < 4.78 is 16.0. The lowest BCUT2D eigenvalue weighted by Gasteiger charge is -2.39. The predicted octanol–water partition coefficient (Wildman–Crippen LogP) is 3.73. The minimum atomic E-state index is 0.335. The minimum absolute atomic E-state index is 0.335. The molecule has 7 heteroatoms. The largest absolute Gasteiger partial charge is 0.496 e. The molecule has 0 bridgehead atoms. The van der Waals surface area contributed by atoms with Crippen LogP contribution in [0.5, 0.6) is 17.2 Å². The van der Waals surface area contributed by atoms with E-state index in [4.69, 9.17) is 26.4 Å². The van der Waals surface area contributed by atoms with Gasteiger partial charge in [0, 0.05) is 17.7 Å². The molecule has 0 saturated heterocycles. The van der Waals surface area contributed by atoms with Crippen molar-refractivity contribution in [2.24, 2.45) is 16.4 Å². The Bertz CT molecular complexity index is 691. The maximum Gasteiger partial charge on any atom is 0.187 e. The molecule has 150 valence electrons. The first-order chi connectivity index (χ1) is 12.8. The second-order valence-electron chi connectivity index (χ2n) is 7.90. The van der Waals surface area contributed by atoms with Crippen LogP contribution in [0.4, 0.5) is 0 Å². The van der Waals surface area contributed by atoms with Crippen LogP contribution >= 0.6 is 12.2 Å². The van der Waals surface area contributed by atoms with Crippen LogP contribution in [0.2, 0.25) is 0 Å². The van der Waals surface area contributed by atoms with E-state index in [1.807, 2.05) is 6.07 Å². The van der Waals surface area contributed by atoms with Crippen LogP contribution in [0.3, 0.4) is 0 Å². The molecule has 0 aliphatic heterocycles. The number of hydrogen-bond acceptors (Lipinski definition) is 5. The summed E-state index contributed by atoms with van der Waals surface area (Å²) in [5.41, 5.74) is 4.00. The lowest BCUT2D eigenvalue weighted by Crippen LogP contribution is -2.45. The molecular formula is C20H31N3O3S. The van der Waals surface area contributed by atoms with Crippen molar-refractivity contribution in [2.45, 2.75) is 46.1 Å². The Balaban J connectivity index is 1.99. The second-order valence-corrected chi connectivity index (χ2v) is 8.31. The van der Waals surface area contributed by atoms with Gasteiger partial charge in [0.1, 0.15) is 5.75 Å². The average molecular weight is 394 g/mol. The van der Waals surface area contributed by atoms with Gasteiger partial charge in [0.05, 0.1) is 27.5 Å². The first kappa shape index (κ1) is 21.3. The number of nitrogens with zero attached hydrogens (tertiary/aromatic N) is 1. The summed E-state index contributed by atoms with van der Waals surface area (Å²) in [5.74, 6) is 2.54. The third-order valence-electron chi connectivity index (χ3n) is 4.83. The highest BCUT2D eigenvalue weighted by Gasteiger charge is 2.32. The molecular weight excluding hydrogens is 362 g/mol. The van der Waals surface area contributed by atoms with Crippen LogP contribution in [-0.4, -0.2) is 38.7 Å².